The number of carbonyl (C=O) groups is 1. The van der Waals surface area contributed by atoms with E-state index in [1.807, 2.05) is 6.07 Å². The maximum atomic E-state index is 11.4. The van der Waals surface area contributed by atoms with Crippen LogP contribution in [0.15, 0.2) is 12.1 Å². The Balaban J connectivity index is 3.42. The monoisotopic (exact) mass is 209 g/mol. The van der Waals surface area contributed by atoms with E-state index in [-0.39, 0.29) is 23.0 Å². The van der Waals surface area contributed by atoms with Crippen LogP contribution in [0.1, 0.15) is 21.5 Å². The quantitative estimate of drug-likeness (QED) is 0.599. The highest BCUT2D eigenvalue weighted by molar-refractivity contribution is 6.31. The second kappa shape index (κ2) is 4.12. The number of aromatic hydroxyl groups is 1. The number of phenolic OH excluding ortho intramolecular Hbond substituents is 1. The van der Waals surface area contributed by atoms with Crippen molar-refractivity contribution in [2.45, 2.75) is 6.92 Å². The zero-order valence-electron chi connectivity index (χ0n) is 7.54. The normalized spacial score (nSPS) is 9.50. The number of benzene rings is 1. The van der Waals surface area contributed by atoms with E-state index in [0.29, 0.717) is 11.1 Å². The second-order valence-electron chi connectivity index (χ2n) is 2.85. The van der Waals surface area contributed by atoms with Gasteiger partial charge in [-0.2, -0.15) is 5.26 Å². The number of carbonyl (C=O) groups excluding carboxylic acids is 1. The Bertz CT molecular complexity index is 421. The van der Waals surface area contributed by atoms with Crippen LogP contribution in [0.2, 0.25) is 0 Å². The first-order valence-corrected chi connectivity index (χ1v) is 4.46. The molecular weight excluding hydrogens is 202 g/mol. The fourth-order valence-electron chi connectivity index (χ4n) is 1.29. The molecule has 0 amide bonds. The summed E-state index contributed by atoms with van der Waals surface area (Å²) in [6.45, 7) is 1.65. The number of ketones is 1. The summed E-state index contributed by atoms with van der Waals surface area (Å²) in [5, 5.41) is 18.0. The van der Waals surface area contributed by atoms with Crippen molar-refractivity contribution in [2.75, 3.05) is 5.88 Å². The summed E-state index contributed by atoms with van der Waals surface area (Å²) < 4.78 is 0. The van der Waals surface area contributed by atoms with Gasteiger partial charge in [-0.1, -0.05) is 0 Å². The molecule has 14 heavy (non-hydrogen) atoms. The van der Waals surface area contributed by atoms with E-state index >= 15 is 0 Å². The number of nitriles is 1. The van der Waals surface area contributed by atoms with Gasteiger partial charge in [0, 0.05) is 5.56 Å². The van der Waals surface area contributed by atoms with Gasteiger partial charge in [0.05, 0.1) is 11.4 Å². The van der Waals surface area contributed by atoms with Gasteiger partial charge in [0.2, 0.25) is 0 Å². The van der Waals surface area contributed by atoms with E-state index in [9.17, 15) is 9.90 Å². The molecule has 0 unspecified atom stereocenters. The summed E-state index contributed by atoms with van der Waals surface area (Å²) in [6, 6.07) is 4.54. The molecule has 0 saturated carbocycles. The van der Waals surface area contributed by atoms with Gasteiger partial charge < -0.3 is 5.11 Å². The molecule has 0 heterocycles. The largest absolute Gasteiger partial charge is 0.508 e. The van der Waals surface area contributed by atoms with Crippen molar-refractivity contribution in [3.8, 4) is 11.8 Å². The maximum absolute atomic E-state index is 11.4. The fraction of sp³-hybridized carbons (Fsp3) is 0.200. The number of hydrogen-bond acceptors (Lipinski definition) is 3. The number of rotatable bonds is 2. The van der Waals surface area contributed by atoms with Crippen LogP contribution in [0.3, 0.4) is 0 Å². The fourth-order valence-corrected chi connectivity index (χ4v) is 1.43. The van der Waals surface area contributed by atoms with Gasteiger partial charge in [0.1, 0.15) is 11.8 Å². The third kappa shape index (κ3) is 1.86. The van der Waals surface area contributed by atoms with Crippen LogP contribution in [0.4, 0.5) is 0 Å². The minimum Gasteiger partial charge on any atom is -0.508 e. The van der Waals surface area contributed by atoms with E-state index in [0.717, 1.165) is 0 Å². The molecule has 0 aliphatic carbocycles. The molecule has 0 aliphatic rings. The average Bonchev–Trinajstić information content (AvgIpc) is 2.15. The van der Waals surface area contributed by atoms with Crippen LogP contribution in [0, 0.1) is 18.3 Å². The molecular formula is C10H8ClNO2. The van der Waals surface area contributed by atoms with Gasteiger partial charge in [-0.15, -0.1) is 11.6 Å². The van der Waals surface area contributed by atoms with E-state index in [1.54, 1.807) is 6.92 Å². The molecule has 1 rings (SSSR count). The number of phenols is 1. The van der Waals surface area contributed by atoms with Crippen molar-refractivity contribution in [3.05, 3.63) is 28.8 Å². The molecule has 0 radical (unpaired) electrons. The summed E-state index contributed by atoms with van der Waals surface area (Å²) >= 11 is 5.41. The number of Topliss-reactive ketones (excluding diaryl/α,β-unsaturated/α-hetero) is 1. The van der Waals surface area contributed by atoms with Crippen LogP contribution in [-0.2, 0) is 0 Å². The maximum Gasteiger partial charge on any atom is 0.179 e. The zero-order chi connectivity index (χ0) is 10.7. The minimum absolute atomic E-state index is 0.0230. The predicted molar refractivity (Wildman–Crippen MR) is 52.6 cm³/mol. The van der Waals surface area contributed by atoms with Crippen LogP contribution >= 0.6 is 11.6 Å². The van der Waals surface area contributed by atoms with Crippen molar-refractivity contribution in [1.29, 1.82) is 5.26 Å². The van der Waals surface area contributed by atoms with Crippen LogP contribution < -0.4 is 0 Å². The topological polar surface area (TPSA) is 61.1 Å². The van der Waals surface area contributed by atoms with Crippen molar-refractivity contribution in [1.82, 2.24) is 0 Å². The lowest BCUT2D eigenvalue weighted by atomic mass is 9.99. The SMILES string of the molecule is Cc1cc(O)cc(C#N)c1C(=O)CCl. The lowest BCUT2D eigenvalue weighted by molar-refractivity contribution is 0.102. The highest BCUT2D eigenvalue weighted by Crippen LogP contribution is 2.21. The van der Waals surface area contributed by atoms with Gasteiger partial charge >= 0.3 is 0 Å². The van der Waals surface area contributed by atoms with Crippen molar-refractivity contribution >= 4 is 17.4 Å². The first kappa shape index (κ1) is 10.6. The number of hydrogen-bond donors (Lipinski definition) is 1. The Morgan fingerprint density at radius 1 is 1.64 bits per heavy atom. The summed E-state index contributed by atoms with van der Waals surface area (Å²) in [7, 11) is 0. The molecule has 0 aliphatic heterocycles. The summed E-state index contributed by atoms with van der Waals surface area (Å²) in [6.07, 6.45) is 0. The molecule has 1 aromatic carbocycles. The highest BCUT2D eigenvalue weighted by atomic mass is 35.5. The summed E-state index contributed by atoms with van der Waals surface area (Å²) in [4.78, 5) is 11.4. The summed E-state index contributed by atoms with van der Waals surface area (Å²) in [5.74, 6) is -0.494. The Morgan fingerprint density at radius 2 is 2.29 bits per heavy atom. The second-order valence-corrected chi connectivity index (χ2v) is 3.12. The third-order valence-corrected chi connectivity index (χ3v) is 2.08. The molecule has 72 valence electrons. The molecule has 3 nitrogen and oxygen atoms in total. The number of alkyl halides is 1. The molecule has 1 aromatic rings. The first-order valence-electron chi connectivity index (χ1n) is 3.93. The molecule has 0 aromatic heterocycles. The van der Waals surface area contributed by atoms with Crippen LogP contribution in [-0.4, -0.2) is 16.8 Å². The molecule has 4 heteroatoms. The standard InChI is InChI=1S/C10H8ClNO2/c1-6-2-8(13)3-7(5-12)10(6)9(14)4-11/h2-3,13H,4H2,1H3. The lowest BCUT2D eigenvalue weighted by Gasteiger charge is -2.05. The Morgan fingerprint density at radius 3 is 2.79 bits per heavy atom. The Kier molecular flexibility index (Phi) is 3.10. The van der Waals surface area contributed by atoms with Crippen LogP contribution in [0.25, 0.3) is 0 Å². The van der Waals surface area contributed by atoms with Gasteiger partial charge in [-0.05, 0) is 24.6 Å². The van der Waals surface area contributed by atoms with E-state index in [4.69, 9.17) is 16.9 Å². The van der Waals surface area contributed by atoms with E-state index in [2.05, 4.69) is 0 Å². The highest BCUT2D eigenvalue weighted by Gasteiger charge is 2.14. The number of nitrogens with zero attached hydrogens (tertiary/aromatic N) is 1. The molecule has 0 fully saturated rings. The predicted octanol–water partition coefficient (Wildman–Crippen LogP) is 1.99. The van der Waals surface area contributed by atoms with Crippen LogP contribution in [0.5, 0.6) is 5.75 Å². The van der Waals surface area contributed by atoms with Crippen molar-refractivity contribution in [3.63, 3.8) is 0 Å². The summed E-state index contributed by atoms with van der Waals surface area (Å²) in [5.41, 5.74) is 1.01. The van der Waals surface area contributed by atoms with E-state index < -0.39 is 0 Å². The van der Waals surface area contributed by atoms with Crippen molar-refractivity contribution < 1.29 is 9.90 Å². The number of halogens is 1. The Hall–Kier alpha value is -1.53. The molecule has 0 spiro atoms. The molecule has 1 N–H and O–H groups in total. The molecule has 0 atom stereocenters. The zero-order valence-corrected chi connectivity index (χ0v) is 8.30. The Labute approximate surface area is 86.5 Å². The van der Waals surface area contributed by atoms with Gasteiger partial charge in [-0.3, -0.25) is 4.79 Å². The van der Waals surface area contributed by atoms with Gasteiger partial charge in [0.25, 0.3) is 0 Å². The minimum atomic E-state index is -0.305. The lowest BCUT2D eigenvalue weighted by Crippen LogP contribution is -2.06. The smallest absolute Gasteiger partial charge is 0.179 e. The van der Waals surface area contributed by atoms with Gasteiger partial charge in [0.15, 0.2) is 5.78 Å². The van der Waals surface area contributed by atoms with E-state index in [1.165, 1.54) is 12.1 Å². The van der Waals surface area contributed by atoms with Crippen molar-refractivity contribution in [2.24, 2.45) is 0 Å². The molecule has 0 saturated heterocycles. The third-order valence-electron chi connectivity index (χ3n) is 1.84. The first-order chi connectivity index (χ1) is 6.60. The van der Waals surface area contributed by atoms with Gasteiger partial charge in [-0.25, -0.2) is 0 Å². The number of aryl methyl sites for hydroxylation is 1. The molecule has 0 bridgehead atoms. The average molecular weight is 210 g/mol.